The molecule has 1 heterocycles. The SMILES string of the molecule is Cc1ccc(C)c(-c2nn(CN(Cc3ccccc3)C(C)C)c(=O)c3ccccc23)c1. The van der Waals surface area contributed by atoms with Gasteiger partial charge in [-0.25, -0.2) is 4.68 Å². The van der Waals surface area contributed by atoms with Gasteiger partial charge in [0.05, 0.1) is 17.7 Å². The minimum atomic E-state index is -0.0524. The van der Waals surface area contributed by atoms with Crippen LogP contribution in [0.3, 0.4) is 0 Å². The second-order valence-corrected chi connectivity index (χ2v) is 8.48. The smallest absolute Gasteiger partial charge is 0.275 e. The average molecular weight is 412 g/mol. The Bertz CT molecular complexity index is 1260. The van der Waals surface area contributed by atoms with Crippen LogP contribution in [-0.4, -0.2) is 20.7 Å². The van der Waals surface area contributed by atoms with Crippen molar-refractivity contribution in [1.29, 1.82) is 0 Å². The van der Waals surface area contributed by atoms with Crippen LogP contribution in [0.2, 0.25) is 0 Å². The number of rotatable bonds is 6. The minimum Gasteiger partial charge on any atom is -0.278 e. The Labute approximate surface area is 183 Å². The standard InChI is InChI=1S/C27H29N3O/c1-19(2)29(17-22-10-6-5-7-11-22)18-30-27(31)24-13-9-8-12-23(24)26(28-30)25-16-20(3)14-15-21(25)4/h5-16,19H,17-18H2,1-4H3. The van der Waals surface area contributed by atoms with Gasteiger partial charge in [0.1, 0.15) is 0 Å². The molecule has 0 saturated heterocycles. The van der Waals surface area contributed by atoms with Crippen LogP contribution in [-0.2, 0) is 13.2 Å². The summed E-state index contributed by atoms with van der Waals surface area (Å²) in [7, 11) is 0. The second kappa shape index (κ2) is 8.86. The predicted molar refractivity (Wildman–Crippen MR) is 128 cm³/mol. The van der Waals surface area contributed by atoms with E-state index in [-0.39, 0.29) is 11.6 Å². The van der Waals surface area contributed by atoms with Gasteiger partial charge >= 0.3 is 0 Å². The molecule has 4 nitrogen and oxygen atoms in total. The van der Waals surface area contributed by atoms with Crippen LogP contribution in [0, 0.1) is 13.8 Å². The molecule has 0 unspecified atom stereocenters. The number of hydrogen-bond acceptors (Lipinski definition) is 3. The van der Waals surface area contributed by atoms with Crippen LogP contribution < -0.4 is 5.56 Å². The van der Waals surface area contributed by atoms with Gasteiger partial charge in [0.25, 0.3) is 5.56 Å². The highest BCUT2D eigenvalue weighted by atomic mass is 16.1. The topological polar surface area (TPSA) is 38.1 Å². The molecule has 0 aliphatic rings. The van der Waals surface area contributed by atoms with E-state index in [9.17, 15) is 4.79 Å². The van der Waals surface area contributed by atoms with E-state index in [1.807, 2.05) is 42.5 Å². The summed E-state index contributed by atoms with van der Waals surface area (Å²) in [5, 5.41) is 6.50. The lowest BCUT2D eigenvalue weighted by molar-refractivity contribution is 0.151. The summed E-state index contributed by atoms with van der Waals surface area (Å²) >= 11 is 0. The molecule has 0 bridgehead atoms. The van der Waals surface area contributed by atoms with E-state index in [0.29, 0.717) is 12.1 Å². The lowest BCUT2D eigenvalue weighted by atomic mass is 9.99. The molecule has 4 aromatic rings. The highest BCUT2D eigenvalue weighted by Gasteiger charge is 2.17. The molecule has 0 amide bonds. The van der Waals surface area contributed by atoms with Crippen molar-refractivity contribution in [2.24, 2.45) is 0 Å². The molecular formula is C27H29N3O. The van der Waals surface area contributed by atoms with E-state index in [0.717, 1.165) is 28.8 Å². The van der Waals surface area contributed by atoms with Gasteiger partial charge < -0.3 is 0 Å². The van der Waals surface area contributed by atoms with Gasteiger partial charge in [-0.1, -0.05) is 66.2 Å². The van der Waals surface area contributed by atoms with Crippen LogP contribution in [0.25, 0.3) is 22.0 Å². The van der Waals surface area contributed by atoms with Crippen molar-refractivity contribution < 1.29 is 0 Å². The summed E-state index contributed by atoms with van der Waals surface area (Å²) in [6, 6.07) is 24.8. The molecule has 1 aromatic heterocycles. The van der Waals surface area contributed by atoms with E-state index < -0.39 is 0 Å². The maximum absolute atomic E-state index is 13.3. The van der Waals surface area contributed by atoms with Crippen LogP contribution >= 0.6 is 0 Å². The third kappa shape index (κ3) is 4.44. The molecule has 0 aliphatic heterocycles. The Kier molecular flexibility index (Phi) is 6.01. The zero-order chi connectivity index (χ0) is 22.0. The molecule has 4 heteroatoms. The number of hydrogen-bond donors (Lipinski definition) is 0. The van der Waals surface area contributed by atoms with E-state index in [2.05, 4.69) is 62.9 Å². The lowest BCUT2D eigenvalue weighted by Gasteiger charge is -2.27. The molecule has 0 fully saturated rings. The number of benzene rings is 3. The molecule has 0 aliphatic carbocycles. The quantitative estimate of drug-likeness (QED) is 0.418. The van der Waals surface area contributed by atoms with Crippen molar-refractivity contribution in [1.82, 2.24) is 14.7 Å². The first-order chi connectivity index (χ1) is 14.9. The predicted octanol–water partition coefficient (Wildman–Crippen LogP) is 5.55. The van der Waals surface area contributed by atoms with Crippen molar-refractivity contribution in [2.75, 3.05) is 0 Å². The first-order valence-corrected chi connectivity index (χ1v) is 10.8. The first-order valence-electron chi connectivity index (χ1n) is 10.8. The van der Waals surface area contributed by atoms with Crippen LogP contribution in [0.4, 0.5) is 0 Å². The average Bonchev–Trinajstić information content (AvgIpc) is 2.77. The van der Waals surface area contributed by atoms with Gasteiger partial charge in [-0.3, -0.25) is 9.69 Å². The number of fused-ring (bicyclic) bond motifs is 1. The molecule has 0 spiro atoms. The normalized spacial score (nSPS) is 11.5. The molecule has 0 radical (unpaired) electrons. The first kappa shape index (κ1) is 21.0. The van der Waals surface area contributed by atoms with Crippen LogP contribution in [0.15, 0.2) is 77.6 Å². The fourth-order valence-electron chi connectivity index (χ4n) is 3.91. The maximum atomic E-state index is 13.3. The summed E-state index contributed by atoms with van der Waals surface area (Å²) in [6.45, 7) is 9.69. The number of aryl methyl sites for hydroxylation is 2. The fourth-order valence-corrected chi connectivity index (χ4v) is 3.91. The molecule has 3 aromatic carbocycles. The van der Waals surface area contributed by atoms with Crippen molar-refractivity contribution in [3.63, 3.8) is 0 Å². The van der Waals surface area contributed by atoms with E-state index in [1.54, 1.807) is 4.68 Å². The Morgan fingerprint density at radius 2 is 1.58 bits per heavy atom. The summed E-state index contributed by atoms with van der Waals surface area (Å²) in [5.41, 5.74) is 5.43. The third-order valence-corrected chi connectivity index (χ3v) is 5.79. The zero-order valence-corrected chi connectivity index (χ0v) is 18.7. The fraction of sp³-hybridized carbons (Fsp3) is 0.259. The molecular weight excluding hydrogens is 382 g/mol. The molecule has 4 rings (SSSR count). The molecule has 0 saturated carbocycles. The number of nitrogens with zero attached hydrogens (tertiary/aromatic N) is 3. The van der Waals surface area contributed by atoms with E-state index >= 15 is 0 Å². The van der Waals surface area contributed by atoms with Gasteiger partial charge in [0, 0.05) is 23.5 Å². The Morgan fingerprint density at radius 1 is 0.903 bits per heavy atom. The van der Waals surface area contributed by atoms with Crippen molar-refractivity contribution in [3.8, 4) is 11.3 Å². The van der Waals surface area contributed by atoms with Crippen molar-refractivity contribution >= 4 is 10.8 Å². The van der Waals surface area contributed by atoms with Gasteiger partial charge in [0.2, 0.25) is 0 Å². The second-order valence-electron chi connectivity index (χ2n) is 8.48. The minimum absolute atomic E-state index is 0.0524. The largest absolute Gasteiger partial charge is 0.278 e. The summed E-state index contributed by atoms with van der Waals surface area (Å²) < 4.78 is 1.63. The summed E-state index contributed by atoms with van der Waals surface area (Å²) in [6.07, 6.45) is 0. The highest BCUT2D eigenvalue weighted by Crippen LogP contribution is 2.28. The van der Waals surface area contributed by atoms with Crippen LogP contribution in [0.5, 0.6) is 0 Å². The van der Waals surface area contributed by atoms with E-state index in [1.165, 1.54) is 11.1 Å². The van der Waals surface area contributed by atoms with Gasteiger partial charge in [-0.05, 0) is 51.0 Å². The van der Waals surface area contributed by atoms with Gasteiger partial charge in [-0.2, -0.15) is 5.10 Å². The maximum Gasteiger partial charge on any atom is 0.275 e. The van der Waals surface area contributed by atoms with E-state index in [4.69, 9.17) is 5.10 Å². The Balaban J connectivity index is 1.83. The van der Waals surface area contributed by atoms with Crippen molar-refractivity contribution in [2.45, 2.75) is 47.0 Å². The lowest BCUT2D eigenvalue weighted by Crippen LogP contribution is -2.37. The molecule has 0 atom stereocenters. The zero-order valence-electron chi connectivity index (χ0n) is 18.7. The Morgan fingerprint density at radius 3 is 2.29 bits per heavy atom. The Hall–Kier alpha value is -3.24. The summed E-state index contributed by atoms with van der Waals surface area (Å²) in [5.74, 6) is 0. The van der Waals surface area contributed by atoms with Gasteiger partial charge in [-0.15, -0.1) is 0 Å². The highest BCUT2D eigenvalue weighted by molar-refractivity contribution is 5.94. The number of aromatic nitrogens is 2. The molecule has 31 heavy (non-hydrogen) atoms. The van der Waals surface area contributed by atoms with Crippen molar-refractivity contribution in [3.05, 3.63) is 99.8 Å². The third-order valence-electron chi connectivity index (χ3n) is 5.79. The van der Waals surface area contributed by atoms with Gasteiger partial charge in [0.15, 0.2) is 0 Å². The van der Waals surface area contributed by atoms with Crippen LogP contribution in [0.1, 0.15) is 30.5 Å². The monoisotopic (exact) mass is 411 g/mol. The molecule has 158 valence electrons. The molecule has 0 N–H and O–H groups in total. The summed E-state index contributed by atoms with van der Waals surface area (Å²) in [4.78, 5) is 15.6.